The molecule has 2 unspecified atom stereocenters. The molecule has 2 N–H and O–H groups in total. The van der Waals surface area contributed by atoms with Gasteiger partial charge in [-0.05, 0) is 58.3 Å². The molecule has 0 bridgehead atoms. The van der Waals surface area contributed by atoms with Gasteiger partial charge in [0.15, 0.2) is 5.50 Å². The van der Waals surface area contributed by atoms with Crippen molar-refractivity contribution in [2.75, 3.05) is 0 Å². The molecule has 0 saturated heterocycles. The van der Waals surface area contributed by atoms with Gasteiger partial charge in [0.25, 0.3) is 5.91 Å². The lowest BCUT2D eigenvalue weighted by Crippen LogP contribution is -2.40. The maximum Gasteiger partial charge on any atom is 0.308 e. The van der Waals surface area contributed by atoms with Gasteiger partial charge in [-0.1, -0.05) is 11.8 Å². The number of thioether (sulfide) groups is 1. The standard InChI is InChI=1S/C13H13IN2O5S2/c1-6-3-8(14)4-9(11(6)21-7(2)17)12(18)16-13-15-10(5-22-13)23(19)20/h3-5,13,15H,1-2H3,(H,16,18)(H,19,20)/p-1. The number of nitrogens with one attached hydrogen (secondary N) is 2. The minimum absolute atomic E-state index is 0.0133. The number of ether oxygens (including phenoxy) is 1. The summed E-state index contributed by atoms with van der Waals surface area (Å²) in [5.41, 5.74) is 0.256. The van der Waals surface area contributed by atoms with E-state index in [4.69, 9.17) is 4.74 Å². The second kappa shape index (κ2) is 7.64. The van der Waals surface area contributed by atoms with E-state index in [1.165, 1.54) is 12.3 Å². The molecule has 1 heterocycles. The monoisotopic (exact) mass is 467 g/mol. The third kappa shape index (κ3) is 4.68. The molecule has 1 aliphatic rings. The summed E-state index contributed by atoms with van der Waals surface area (Å²) in [7, 11) is 0. The Morgan fingerprint density at radius 3 is 2.74 bits per heavy atom. The Bertz CT molecular complexity index is 723. The van der Waals surface area contributed by atoms with Crippen LogP contribution in [0.1, 0.15) is 22.8 Å². The number of carbonyl (C=O) groups is 2. The van der Waals surface area contributed by atoms with Crippen molar-refractivity contribution >= 4 is 57.3 Å². The van der Waals surface area contributed by atoms with Crippen LogP contribution in [0, 0.1) is 10.5 Å². The molecule has 10 heteroatoms. The summed E-state index contributed by atoms with van der Waals surface area (Å²) >= 11 is 0.797. The summed E-state index contributed by atoms with van der Waals surface area (Å²) in [5, 5.41) is 6.71. The van der Waals surface area contributed by atoms with Crippen molar-refractivity contribution in [3.63, 3.8) is 0 Å². The summed E-state index contributed by atoms with van der Waals surface area (Å²) in [6, 6.07) is 3.39. The fourth-order valence-corrected chi connectivity index (χ4v) is 4.11. The van der Waals surface area contributed by atoms with Gasteiger partial charge in [-0.3, -0.25) is 13.8 Å². The summed E-state index contributed by atoms with van der Waals surface area (Å²) in [6.07, 6.45) is 0. The van der Waals surface area contributed by atoms with Crippen LogP contribution < -0.4 is 15.4 Å². The maximum atomic E-state index is 12.4. The van der Waals surface area contributed by atoms with E-state index in [0.717, 1.165) is 15.3 Å². The topological polar surface area (TPSA) is 108 Å². The molecule has 1 aromatic rings. The minimum atomic E-state index is -2.38. The number of halogens is 1. The molecule has 1 aliphatic heterocycles. The molecule has 0 saturated carbocycles. The molecule has 0 radical (unpaired) electrons. The number of esters is 1. The first-order chi connectivity index (χ1) is 10.8. The lowest BCUT2D eigenvalue weighted by molar-refractivity contribution is -0.131. The molecule has 0 aromatic heterocycles. The van der Waals surface area contributed by atoms with E-state index in [-0.39, 0.29) is 16.3 Å². The predicted molar refractivity (Wildman–Crippen MR) is 94.2 cm³/mol. The van der Waals surface area contributed by atoms with Crippen molar-refractivity contribution in [2.45, 2.75) is 19.3 Å². The van der Waals surface area contributed by atoms with Crippen LogP contribution in [0.5, 0.6) is 5.75 Å². The zero-order chi connectivity index (χ0) is 17.1. The van der Waals surface area contributed by atoms with Gasteiger partial charge in [0.05, 0.1) is 10.6 Å². The number of aryl methyl sites for hydroxylation is 1. The Morgan fingerprint density at radius 2 is 2.17 bits per heavy atom. The first-order valence-corrected chi connectivity index (χ1v) is 9.38. The highest BCUT2D eigenvalue weighted by molar-refractivity contribution is 14.1. The Labute approximate surface area is 153 Å². The van der Waals surface area contributed by atoms with Crippen molar-refractivity contribution < 1.29 is 23.1 Å². The summed E-state index contributed by atoms with van der Waals surface area (Å²) in [4.78, 5) is 23.7. The summed E-state index contributed by atoms with van der Waals surface area (Å²) in [6.45, 7) is 2.99. The third-order valence-corrected chi connectivity index (χ3v) is 5.00. The molecule has 0 fully saturated rings. The quantitative estimate of drug-likeness (QED) is 0.300. The Hall–Kier alpha value is -1.11. The van der Waals surface area contributed by atoms with E-state index in [1.807, 2.05) is 0 Å². The van der Waals surface area contributed by atoms with Crippen LogP contribution in [-0.2, 0) is 15.9 Å². The van der Waals surface area contributed by atoms with Crippen LogP contribution in [-0.4, -0.2) is 26.1 Å². The van der Waals surface area contributed by atoms with Gasteiger partial charge in [0.1, 0.15) is 5.75 Å². The van der Waals surface area contributed by atoms with E-state index >= 15 is 0 Å². The normalized spacial score (nSPS) is 17.9. The molecule has 7 nitrogen and oxygen atoms in total. The number of carbonyl (C=O) groups excluding carboxylic acids is 2. The molecule has 0 aliphatic carbocycles. The van der Waals surface area contributed by atoms with Gasteiger partial charge < -0.3 is 19.9 Å². The lowest BCUT2D eigenvalue weighted by Gasteiger charge is -2.17. The number of amides is 1. The smallest absolute Gasteiger partial charge is 0.308 e. The third-order valence-electron chi connectivity index (χ3n) is 2.76. The second-order valence-electron chi connectivity index (χ2n) is 4.54. The van der Waals surface area contributed by atoms with E-state index in [0.29, 0.717) is 5.56 Å². The van der Waals surface area contributed by atoms with Gasteiger partial charge in [-0.15, -0.1) is 0 Å². The number of hydrogen-bond donors (Lipinski definition) is 2. The molecule has 2 atom stereocenters. The highest BCUT2D eigenvalue weighted by atomic mass is 127. The van der Waals surface area contributed by atoms with Crippen molar-refractivity contribution in [2.24, 2.45) is 0 Å². The maximum absolute atomic E-state index is 12.4. The molecule has 124 valence electrons. The number of benzene rings is 1. The van der Waals surface area contributed by atoms with E-state index in [9.17, 15) is 18.4 Å². The van der Waals surface area contributed by atoms with Crippen LogP contribution in [0.3, 0.4) is 0 Å². The Balaban J connectivity index is 2.19. The first-order valence-electron chi connectivity index (χ1n) is 6.29. The zero-order valence-corrected chi connectivity index (χ0v) is 15.8. The molecule has 1 aromatic carbocycles. The van der Waals surface area contributed by atoms with E-state index in [1.54, 1.807) is 19.1 Å². The van der Waals surface area contributed by atoms with Crippen LogP contribution in [0.25, 0.3) is 0 Å². The fourth-order valence-electron chi connectivity index (χ4n) is 1.86. The summed E-state index contributed by atoms with van der Waals surface area (Å²) < 4.78 is 27.7. The van der Waals surface area contributed by atoms with Gasteiger partial charge in [0, 0.05) is 15.9 Å². The van der Waals surface area contributed by atoms with Crippen molar-refractivity contribution in [1.29, 1.82) is 0 Å². The van der Waals surface area contributed by atoms with Crippen molar-refractivity contribution in [3.8, 4) is 5.75 Å². The Kier molecular flexibility index (Phi) is 6.06. The number of hydrogen-bond acceptors (Lipinski definition) is 7. The predicted octanol–water partition coefficient (Wildman–Crippen LogP) is 1.55. The van der Waals surface area contributed by atoms with Gasteiger partial charge in [0.2, 0.25) is 0 Å². The van der Waals surface area contributed by atoms with Gasteiger partial charge >= 0.3 is 5.97 Å². The second-order valence-corrected chi connectivity index (χ2v) is 7.68. The van der Waals surface area contributed by atoms with E-state index < -0.39 is 28.5 Å². The zero-order valence-electron chi connectivity index (χ0n) is 12.0. The van der Waals surface area contributed by atoms with E-state index in [2.05, 4.69) is 33.2 Å². The lowest BCUT2D eigenvalue weighted by atomic mass is 10.1. The fraction of sp³-hybridized carbons (Fsp3) is 0.231. The van der Waals surface area contributed by atoms with Crippen LogP contribution >= 0.6 is 34.4 Å². The first kappa shape index (κ1) is 18.2. The van der Waals surface area contributed by atoms with Gasteiger partial charge in [-0.2, -0.15) is 0 Å². The SMILES string of the molecule is CC(=O)Oc1c(C)cc(I)cc1C(=O)NC1NC(S(=O)[O-])=CS1. The highest BCUT2D eigenvalue weighted by Gasteiger charge is 2.23. The van der Waals surface area contributed by atoms with Crippen LogP contribution in [0.15, 0.2) is 22.6 Å². The van der Waals surface area contributed by atoms with Crippen molar-refractivity contribution in [1.82, 2.24) is 10.6 Å². The number of rotatable bonds is 4. The minimum Gasteiger partial charge on any atom is -0.767 e. The molecule has 0 spiro atoms. The average Bonchev–Trinajstić information content (AvgIpc) is 2.89. The Morgan fingerprint density at radius 1 is 1.48 bits per heavy atom. The van der Waals surface area contributed by atoms with Crippen molar-refractivity contribution in [3.05, 3.63) is 37.3 Å². The molecule has 1 amide bonds. The molecular formula is C13H12IN2O5S2-. The highest BCUT2D eigenvalue weighted by Crippen LogP contribution is 2.28. The van der Waals surface area contributed by atoms with Gasteiger partial charge in [-0.25, -0.2) is 0 Å². The largest absolute Gasteiger partial charge is 0.767 e. The molecule has 2 rings (SSSR count). The molecular weight excluding hydrogens is 455 g/mol. The van der Waals surface area contributed by atoms with Crippen LogP contribution in [0.2, 0.25) is 0 Å². The summed E-state index contributed by atoms with van der Waals surface area (Å²) in [5.74, 6) is -0.805. The average molecular weight is 467 g/mol. The molecule has 23 heavy (non-hydrogen) atoms. The van der Waals surface area contributed by atoms with Crippen LogP contribution in [0.4, 0.5) is 0 Å².